The fourth-order valence-electron chi connectivity index (χ4n) is 4.16. The lowest BCUT2D eigenvalue weighted by atomic mass is 9.95. The Balaban J connectivity index is 1.36. The van der Waals surface area contributed by atoms with E-state index in [1.807, 2.05) is 37.3 Å². The number of benzene rings is 2. The molecule has 3 N–H and O–H groups in total. The molecule has 1 aliphatic rings. The quantitative estimate of drug-likeness (QED) is 0.424. The fraction of sp³-hybridized carbons (Fsp3) is 0.346. The number of rotatable bonds is 9. The van der Waals surface area contributed by atoms with E-state index < -0.39 is 10.9 Å². The number of carbonyl (C=O) groups is 1. The zero-order valence-electron chi connectivity index (χ0n) is 18.8. The van der Waals surface area contributed by atoms with E-state index in [0.717, 1.165) is 31.2 Å². The second-order valence-corrected chi connectivity index (χ2v) is 8.32. The van der Waals surface area contributed by atoms with E-state index in [9.17, 15) is 14.4 Å². The highest BCUT2D eigenvalue weighted by atomic mass is 16.5. The molecular weight excluding hydrogens is 418 g/mol. The van der Waals surface area contributed by atoms with Gasteiger partial charge in [-0.3, -0.25) is 14.4 Å². The minimum atomic E-state index is -0.475. The van der Waals surface area contributed by atoms with Crippen molar-refractivity contribution in [1.29, 1.82) is 0 Å². The second-order valence-electron chi connectivity index (χ2n) is 8.32. The molecule has 1 aliphatic carbocycles. The highest BCUT2D eigenvalue weighted by Crippen LogP contribution is 2.25. The van der Waals surface area contributed by atoms with Crippen LogP contribution in [0.3, 0.4) is 0 Å². The van der Waals surface area contributed by atoms with Gasteiger partial charge in [0.1, 0.15) is 17.1 Å². The van der Waals surface area contributed by atoms with Gasteiger partial charge in [-0.2, -0.15) is 0 Å². The second kappa shape index (κ2) is 10.3. The molecule has 0 heterocycles. The van der Waals surface area contributed by atoms with Crippen LogP contribution >= 0.6 is 0 Å². The van der Waals surface area contributed by atoms with Crippen molar-refractivity contribution in [1.82, 2.24) is 0 Å². The Hall–Kier alpha value is -3.61. The van der Waals surface area contributed by atoms with E-state index in [1.165, 1.54) is 6.42 Å². The molecule has 172 valence electrons. The maximum absolute atomic E-state index is 12.6. The van der Waals surface area contributed by atoms with Crippen LogP contribution in [0.15, 0.2) is 58.1 Å². The van der Waals surface area contributed by atoms with Crippen molar-refractivity contribution < 1.29 is 9.53 Å². The van der Waals surface area contributed by atoms with Gasteiger partial charge in [0.05, 0.1) is 12.3 Å². The molecule has 33 heavy (non-hydrogen) atoms. The van der Waals surface area contributed by atoms with Gasteiger partial charge in [-0.1, -0.05) is 43.5 Å². The lowest BCUT2D eigenvalue weighted by Gasteiger charge is -2.25. The molecule has 3 aromatic carbocycles. The molecule has 1 amide bonds. The molecule has 3 aromatic rings. The molecule has 7 heteroatoms. The summed E-state index contributed by atoms with van der Waals surface area (Å²) in [6, 6.07) is 14.7. The van der Waals surface area contributed by atoms with Crippen LogP contribution in [0.25, 0.3) is 0 Å². The van der Waals surface area contributed by atoms with Gasteiger partial charge in [-0.05, 0) is 49.6 Å². The van der Waals surface area contributed by atoms with Gasteiger partial charge < -0.3 is 20.7 Å². The maximum Gasteiger partial charge on any atom is 0.255 e. The fourth-order valence-corrected chi connectivity index (χ4v) is 4.16. The number of carbonyl (C=O) groups excluding carboxylic acids is 1. The number of nitrogens with one attached hydrogen (secondary N) is 3. The average molecular weight is 448 g/mol. The number of hydrogen-bond donors (Lipinski definition) is 3. The van der Waals surface area contributed by atoms with Gasteiger partial charge in [0, 0.05) is 18.2 Å². The molecule has 0 unspecified atom stereocenters. The van der Waals surface area contributed by atoms with Crippen molar-refractivity contribution in [3.8, 4) is 5.75 Å². The average Bonchev–Trinajstić information content (AvgIpc) is 2.85. The summed E-state index contributed by atoms with van der Waals surface area (Å²) >= 11 is 0. The first-order valence-corrected chi connectivity index (χ1v) is 11.5. The monoisotopic (exact) mass is 447 g/mol. The number of para-hydroxylation sites is 2. The van der Waals surface area contributed by atoms with Crippen LogP contribution in [0.2, 0.25) is 0 Å². The molecule has 0 radical (unpaired) electrons. The van der Waals surface area contributed by atoms with Crippen molar-refractivity contribution in [3.63, 3.8) is 0 Å². The van der Waals surface area contributed by atoms with E-state index in [4.69, 9.17) is 4.74 Å². The van der Waals surface area contributed by atoms with Gasteiger partial charge in [0.25, 0.3) is 16.8 Å². The predicted octanol–water partition coefficient (Wildman–Crippen LogP) is 4.29. The molecule has 0 aromatic heterocycles. The lowest BCUT2D eigenvalue weighted by Crippen LogP contribution is -2.40. The largest absolute Gasteiger partial charge is 0.492 e. The molecular formula is C26H29N3O4. The summed E-state index contributed by atoms with van der Waals surface area (Å²) in [6.07, 6.45) is 5.57. The van der Waals surface area contributed by atoms with Crippen LogP contribution in [-0.4, -0.2) is 18.6 Å². The summed E-state index contributed by atoms with van der Waals surface area (Å²) in [6.45, 7) is 2.79. The van der Waals surface area contributed by atoms with Crippen LogP contribution in [0, 0.1) is 0 Å². The van der Waals surface area contributed by atoms with Crippen molar-refractivity contribution in [2.45, 2.75) is 51.6 Å². The molecule has 0 spiro atoms. The lowest BCUT2D eigenvalue weighted by molar-refractivity contribution is 0.102. The van der Waals surface area contributed by atoms with Gasteiger partial charge in [0.15, 0.2) is 0 Å². The summed E-state index contributed by atoms with van der Waals surface area (Å²) in [7, 11) is 0. The third-order valence-electron chi connectivity index (χ3n) is 5.98. The SMILES string of the molecule is CCOc1ccccc1NC(=O)c1ccc(CNc2c(NC3CCCCC3)c(=O)c2=O)cc1. The van der Waals surface area contributed by atoms with Gasteiger partial charge >= 0.3 is 0 Å². The van der Waals surface area contributed by atoms with Crippen molar-refractivity contribution in [2.75, 3.05) is 22.6 Å². The number of ether oxygens (including phenoxy) is 1. The molecule has 0 saturated heterocycles. The molecule has 1 fully saturated rings. The molecule has 7 nitrogen and oxygen atoms in total. The number of amides is 1. The van der Waals surface area contributed by atoms with Crippen LogP contribution in [0.1, 0.15) is 54.9 Å². The number of hydrogen-bond acceptors (Lipinski definition) is 6. The Bertz CT molecular complexity index is 1170. The summed E-state index contributed by atoms with van der Waals surface area (Å²) in [4.78, 5) is 36.7. The van der Waals surface area contributed by atoms with Crippen LogP contribution < -0.4 is 31.5 Å². The predicted molar refractivity (Wildman–Crippen MR) is 131 cm³/mol. The Morgan fingerprint density at radius 3 is 2.36 bits per heavy atom. The topological polar surface area (TPSA) is 96.5 Å². The zero-order valence-corrected chi connectivity index (χ0v) is 18.8. The highest BCUT2D eigenvalue weighted by molar-refractivity contribution is 6.05. The van der Waals surface area contributed by atoms with E-state index >= 15 is 0 Å². The van der Waals surface area contributed by atoms with Crippen molar-refractivity contribution in [2.24, 2.45) is 0 Å². The van der Waals surface area contributed by atoms with Crippen molar-refractivity contribution in [3.05, 3.63) is 80.1 Å². The van der Waals surface area contributed by atoms with E-state index in [-0.39, 0.29) is 11.9 Å². The summed E-state index contributed by atoms with van der Waals surface area (Å²) in [5.41, 5.74) is 1.89. The molecule has 1 saturated carbocycles. The van der Waals surface area contributed by atoms with Crippen LogP contribution in [-0.2, 0) is 6.54 Å². The van der Waals surface area contributed by atoms with Crippen molar-refractivity contribution >= 4 is 23.0 Å². The zero-order chi connectivity index (χ0) is 23.2. The molecule has 4 rings (SSSR count). The Labute approximate surface area is 192 Å². The Morgan fingerprint density at radius 2 is 1.64 bits per heavy atom. The van der Waals surface area contributed by atoms with E-state index in [2.05, 4.69) is 16.0 Å². The third-order valence-corrected chi connectivity index (χ3v) is 5.98. The Kier molecular flexibility index (Phi) is 7.07. The maximum atomic E-state index is 12.6. The van der Waals surface area contributed by atoms with Gasteiger partial charge in [-0.15, -0.1) is 0 Å². The first-order chi connectivity index (χ1) is 16.1. The molecule has 0 aliphatic heterocycles. The van der Waals surface area contributed by atoms with E-state index in [0.29, 0.717) is 41.5 Å². The van der Waals surface area contributed by atoms with Gasteiger partial charge in [-0.25, -0.2) is 0 Å². The minimum absolute atomic E-state index is 0.233. The Morgan fingerprint density at radius 1 is 0.939 bits per heavy atom. The first kappa shape index (κ1) is 22.6. The first-order valence-electron chi connectivity index (χ1n) is 11.5. The van der Waals surface area contributed by atoms with E-state index in [1.54, 1.807) is 18.2 Å². The highest BCUT2D eigenvalue weighted by Gasteiger charge is 2.24. The van der Waals surface area contributed by atoms with Crippen LogP contribution in [0.4, 0.5) is 17.1 Å². The smallest absolute Gasteiger partial charge is 0.255 e. The third kappa shape index (κ3) is 5.25. The summed E-state index contributed by atoms with van der Waals surface area (Å²) < 4.78 is 5.55. The summed E-state index contributed by atoms with van der Waals surface area (Å²) in [5, 5.41) is 9.24. The van der Waals surface area contributed by atoms with Crippen LogP contribution in [0.5, 0.6) is 5.75 Å². The minimum Gasteiger partial charge on any atom is -0.492 e. The molecule has 0 atom stereocenters. The standard InChI is InChI=1S/C26H29N3O4/c1-2-33-21-11-7-6-10-20(21)29-26(32)18-14-12-17(13-15-18)16-27-22-23(25(31)24(22)30)28-19-8-4-3-5-9-19/h6-7,10-15,19,27-28H,2-5,8-9,16H2,1H3,(H,29,32). The van der Waals surface area contributed by atoms with Gasteiger partial charge in [0.2, 0.25) is 0 Å². The molecule has 0 bridgehead atoms. The summed E-state index contributed by atoms with van der Waals surface area (Å²) in [5.74, 6) is 0.392. The normalized spacial score (nSPS) is 14.1. The number of anilines is 3.